The summed E-state index contributed by atoms with van der Waals surface area (Å²) in [5, 5.41) is 6.79. The summed E-state index contributed by atoms with van der Waals surface area (Å²) in [6.07, 6.45) is 1.50. The number of nitrogens with zero attached hydrogens (tertiary/aromatic N) is 1. The van der Waals surface area contributed by atoms with Crippen LogP contribution in [0.15, 0.2) is 46.0 Å². The van der Waals surface area contributed by atoms with Crippen LogP contribution >= 0.6 is 15.9 Å². The fourth-order valence-electron chi connectivity index (χ4n) is 2.07. The fourth-order valence-corrected chi connectivity index (χ4v) is 2.64. The highest BCUT2D eigenvalue weighted by atomic mass is 79.9. The number of nitrogens with one attached hydrogen (secondary N) is 2. The molecule has 2 N–H and O–H groups in total. The number of ether oxygens (including phenoxy) is 2. The standard InChI is InChI=1S/C18H19BrFN3O3/c1-3-26-18-15(19)8-12(9-16(18)25-2)10-22-23-17(24)11-21-14-6-4-13(20)5-7-14/h4-10,21H,3,11H2,1-2H3,(H,23,24)/b22-10-. The van der Waals surface area contributed by atoms with Gasteiger partial charge in [-0.15, -0.1) is 0 Å². The van der Waals surface area contributed by atoms with Crippen LogP contribution in [0, 0.1) is 5.82 Å². The summed E-state index contributed by atoms with van der Waals surface area (Å²) < 4.78 is 24.4. The highest BCUT2D eigenvalue weighted by molar-refractivity contribution is 9.10. The Hall–Kier alpha value is -2.61. The molecule has 0 aliphatic heterocycles. The van der Waals surface area contributed by atoms with Crippen LogP contribution in [-0.4, -0.2) is 32.4 Å². The van der Waals surface area contributed by atoms with Gasteiger partial charge in [-0.05, 0) is 64.8 Å². The van der Waals surface area contributed by atoms with E-state index in [1.54, 1.807) is 31.4 Å². The first-order chi connectivity index (χ1) is 12.5. The normalized spacial score (nSPS) is 10.6. The number of rotatable bonds is 8. The molecule has 6 nitrogen and oxygen atoms in total. The number of hydrogen-bond donors (Lipinski definition) is 2. The number of hydrogen-bond acceptors (Lipinski definition) is 5. The Morgan fingerprint density at radius 2 is 2.04 bits per heavy atom. The third kappa shape index (κ3) is 5.73. The molecule has 2 rings (SSSR count). The summed E-state index contributed by atoms with van der Waals surface area (Å²) >= 11 is 3.43. The maximum atomic E-state index is 12.8. The van der Waals surface area contributed by atoms with E-state index in [0.717, 1.165) is 10.0 Å². The molecule has 138 valence electrons. The first kappa shape index (κ1) is 19.7. The van der Waals surface area contributed by atoms with Gasteiger partial charge in [-0.2, -0.15) is 5.10 Å². The lowest BCUT2D eigenvalue weighted by molar-refractivity contribution is -0.119. The van der Waals surface area contributed by atoms with Gasteiger partial charge in [0.2, 0.25) is 0 Å². The quantitative estimate of drug-likeness (QED) is 0.502. The lowest BCUT2D eigenvalue weighted by atomic mass is 10.2. The minimum atomic E-state index is -0.332. The van der Waals surface area contributed by atoms with Crippen LogP contribution in [0.4, 0.5) is 10.1 Å². The summed E-state index contributed by atoms with van der Waals surface area (Å²) in [5.74, 6) is 0.510. The smallest absolute Gasteiger partial charge is 0.259 e. The van der Waals surface area contributed by atoms with E-state index in [-0.39, 0.29) is 18.3 Å². The number of hydrazone groups is 1. The lowest BCUT2D eigenvalue weighted by Crippen LogP contribution is -2.25. The van der Waals surface area contributed by atoms with Gasteiger partial charge >= 0.3 is 0 Å². The topological polar surface area (TPSA) is 72.0 Å². The van der Waals surface area contributed by atoms with Crippen LogP contribution in [0.3, 0.4) is 0 Å². The Balaban J connectivity index is 1.91. The maximum Gasteiger partial charge on any atom is 0.259 e. The Kier molecular flexibility index (Phi) is 7.40. The Labute approximate surface area is 159 Å². The largest absolute Gasteiger partial charge is 0.493 e. The van der Waals surface area contributed by atoms with Crippen molar-refractivity contribution in [2.24, 2.45) is 5.10 Å². The van der Waals surface area contributed by atoms with Crippen molar-refractivity contribution in [1.29, 1.82) is 0 Å². The zero-order valence-electron chi connectivity index (χ0n) is 14.4. The van der Waals surface area contributed by atoms with E-state index in [1.807, 2.05) is 6.92 Å². The van der Waals surface area contributed by atoms with Crippen LogP contribution < -0.4 is 20.2 Å². The van der Waals surface area contributed by atoms with Gasteiger partial charge in [0.1, 0.15) is 5.82 Å². The van der Waals surface area contributed by atoms with E-state index in [9.17, 15) is 9.18 Å². The summed E-state index contributed by atoms with van der Waals surface area (Å²) in [6.45, 7) is 2.41. The van der Waals surface area contributed by atoms with Crippen LogP contribution in [0.5, 0.6) is 11.5 Å². The molecule has 0 spiro atoms. The van der Waals surface area contributed by atoms with Crippen molar-refractivity contribution < 1.29 is 18.7 Å². The molecule has 0 fully saturated rings. The van der Waals surface area contributed by atoms with E-state index in [2.05, 4.69) is 31.8 Å². The predicted molar refractivity (Wildman–Crippen MR) is 102 cm³/mol. The molecule has 0 saturated carbocycles. The first-order valence-electron chi connectivity index (χ1n) is 7.85. The number of halogens is 2. The van der Waals surface area contributed by atoms with Crippen LogP contribution in [0.2, 0.25) is 0 Å². The number of carbonyl (C=O) groups excluding carboxylic acids is 1. The van der Waals surface area contributed by atoms with Crippen molar-refractivity contribution in [3.05, 3.63) is 52.3 Å². The number of amides is 1. The third-order valence-corrected chi connectivity index (χ3v) is 3.83. The highest BCUT2D eigenvalue weighted by Crippen LogP contribution is 2.36. The van der Waals surface area contributed by atoms with Gasteiger partial charge < -0.3 is 14.8 Å². The van der Waals surface area contributed by atoms with Gasteiger partial charge in [-0.25, -0.2) is 9.82 Å². The molecular formula is C18H19BrFN3O3. The molecule has 2 aromatic carbocycles. The fraction of sp³-hybridized carbons (Fsp3) is 0.222. The van der Waals surface area contributed by atoms with Crippen LogP contribution in [0.1, 0.15) is 12.5 Å². The van der Waals surface area contributed by atoms with E-state index in [1.165, 1.54) is 18.3 Å². The Morgan fingerprint density at radius 1 is 1.31 bits per heavy atom. The van der Waals surface area contributed by atoms with E-state index in [0.29, 0.717) is 23.8 Å². The molecule has 26 heavy (non-hydrogen) atoms. The minimum absolute atomic E-state index is 0.0132. The van der Waals surface area contributed by atoms with Gasteiger partial charge in [-0.1, -0.05) is 0 Å². The first-order valence-corrected chi connectivity index (χ1v) is 8.64. The van der Waals surface area contributed by atoms with Crippen molar-refractivity contribution in [2.75, 3.05) is 25.6 Å². The Morgan fingerprint density at radius 3 is 2.69 bits per heavy atom. The molecule has 0 aliphatic carbocycles. The third-order valence-electron chi connectivity index (χ3n) is 3.24. The second-order valence-electron chi connectivity index (χ2n) is 5.12. The van der Waals surface area contributed by atoms with E-state index in [4.69, 9.17) is 9.47 Å². The maximum absolute atomic E-state index is 12.8. The van der Waals surface area contributed by atoms with Crippen molar-refractivity contribution in [1.82, 2.24) is 5.43 Å². The average molecular weight is 424 g/mol. The van der Waals surface area contributed by atoms with Gasteiger partial charge in [-0.3, -0.25) is 4.79 Å². The molecule has 0 radical (unpaired) electrons. The summed E-state index contributed by atoms with van der Waals surface area (Å²) in [4.78, 5) is 11.8. The van der Waals surface area contributed by atoms with E-state index >= 15 is 0 Å². The molecule has 0 aromatic heterocycles. The number of benzene rings is 2. The van der Waals surface area contributed by atoms with Crippen molar-refractivity contribution in [2.45, 2.75) is 6.92 Å². The second kappa shape index (κ2) is 9.76. The molecule has 0 bridgehead atoms. The molecule has 0 unspecified atom stereocenters. The molecule has 0 saturated heterocycles. The van der Waals surface area contributed by atoms with E-state index < -0.39 is 0 Å². The minimum Gasteiger partial charge on any atom is -0.493 e. The van der Waals surface area contributed by atoms with Gasteiger partial charge in [0.15, 0.2) is 11.5 Å². The van der Waals surface area contributed by atoms with Gasteiger partial charge in [0.05, 0.1) is 30.9 Å². The monoisotopic (exact) mass is 423 g/mol. The summed E-state index contributed by atoms with van der Waals surface area (Å²) in [7, 11) is 1.55. The summed E-state index contributed by atoms with van der Waals surface area (Å²) in [5.41, 5.74) is 3.79. The van der Waals surface area contributed by atoms with Gasteiger partial charge in [0, 0.05) is 5.69 Å². The summed E-state index contributed by atoms with van der Waals surface area (Å²) in [6, 6.07) is 9.29. The highest BCUT2D eigenvalue weighted by Gasteiger charge is 2.10. The average Bonchev–Trinajstić information content (AvgIpc) is 2.63. The van der Waals surface area contributed by atoms with Crippen LogP contribution in [0.25, 0.3) is 0 Å². The number of methoxy groups -OCH3 is 1. The van der Waals surface area contributed by atoms with Crippen molar-refractivity contribution in [3.8, 4) is 11.5 Å². The Bertz CT molecular complexity index is 782. The second-order valence-corrected chi connectivity index (χ2v) is 5.98. The molecule has 0 aliphatic rings. The number of anilines is 1. The zero-order valence-corrected chi connectivity index (χ0v) is 16.0. The molecule has 1 amide bonds. The predicted octanol–water partition coefficient (Wildman–Crippen LogP) is 3.56. The van der Waals surface area contributed by atoms with Crippen molar-refractivity contribution in [3.63, 3.8) is 0 Å². The van der Waals surface area contributed by atoms with Gasteiger partial charge in [0.25, 0.3) is 5.91 Å². The molecule has 0 atom stereocenters. The zero-order chi connectivity index (χ0) is 18.9. The molecule has 2 aromatic rings. The molecule has 0 heterocycles. The lowest BCUT2D eigenvalue weighted by Gasteiger charge is -2.12. The SMILES string of the molecule is CCOc1c(Br)cc(/C=N\NC(=O)CNc2ccc(F)cc2)cc1OC. The number of carbonyl (C=O) groups is 1. The van der Waals surface area contributed by atoms with Crippen LogP contribution in [-0.2, 0) is 4.79 Å². The molecular weight excluding hydrogens is 405 g/mol. The van der Waals surface area contributed by atoms with Crippen molar-refractivity contribution >= 4 is 33.7 Å². The molecule has 8 heteroatoms.